The van der Waals surface area contributed by atoms with Crippen LogP contribution in [0.2, 0.25) is 0 Å². The molecule has 0 radical (unpaired) electrons. The first kappa shape index (κ1) is 14.2. The topological polar surface area (TPSA) is 35.5 Å². The highest BCUT2D eigenvalue weighted by atomic mass is 16.6. The van der Waals surface area contributed by atoms with Gasteiger partial charge in [-0.15, -0.1) is 0 Å². The maximum absolute atomic E-state index is 11.4. The molecule has 3 heteroatoms. The van der Waals surface area contributed by atoms with E-state index in [1.165, 1.54) is 7.11 Å². The monoisotopic (exact) mass is 214 g/mol. The largest absolute Gasteiger partial charge is 0.467 e. The minimum Gasteiger partial charge on any atom is -0.467 e. The minimum absolute atomic E-state index is 0.134. The lowest BCUT2D eigenvalue weighted by Gasteiger charge is -2.20. The van der Waals surface area contributed by atoms with Crippen molar-refractivity contribution in [2.75, 3.05) is 13.7 Å². The first-order chi connectivity index (χ1) is 7.02. The van der Waals surface area contributed by atoms with E-state index in [2.05, 4.69) is 17.7 Å². The van der Waals surface area contributed by atoms with Crippen LogP contribution in [0, 0.1) is 11.8 Å². The predicted octanol–water partition coefficient (Wildman–Crippen LogP) is 2.41. The lowest BCUT2D eigenvalue weighted by atomic mass is 10.1. The number of esters is 1. The van der Waals surface area contributed by atoms with Crippen molar-refractivity contribution in [3.05, 3.63) is 12.2 Å². The normalized spacial score (nSPS) is 15.6. The Balaban J connectivity index is 4.13. The molecule has 0 aromatic rings. The summed E-state index contributed by atoms with van der Waals surface area (Å²) < 4.78 is 10.2. The Bertz CT molecular complexity index is 209. The molecular formula is C12H22O3. The number of ether oxygens (including phenoxy) is 2. The smallest absolute Gasteiger partial charge is 0.335 e. The molecule has 0 saturated carbocycles. The van der Waals surface area contributed by atoms with E-state index in [-0.39, 0.29) is 11.9 Å². The molecule has 0 aliphatic heterocycles. The van der Waals surface area contributed by atoms with Crippen molar-refractivity contribution in [2.45, 2.75) is 33.8 Å². The van der Waals surface area contributed by atoms with Crippen LogP contribution in [0.25, 0.3) is 0 Å². The molecule has 2 atom stereocenters. The Labute approximate surface area is 92.5 Å². The van der Waals surface area contributed by atoms with Gasteiger partial charge in [0.2, 0.25) is 0 Å². The lowest BCUT2D eigenvalue weighted by Crippen LogP contribution is -2.32. The second-order valence-electron chi connectivity index (χ2n) is 4.02. The summed E-state index contributed by atoms with van der Waals surface area (Å²) in [5.74, 6) is 0.161. The van der Waals surface area contributed by atoms with Crippen LogP contribution in [0.15, 0.2) is 12.2 Å². The predicted molar refractivity (Wildman–Crippen MR) is 60.6 cm³/mol. The molecule has 0 aromatic carbocycles. The second-order valence-corrected chi connectivity index (χ2v) is 4.02. The standard InChI is InChI=1S/C12H22O3/c1-6-7-10(4)8-15-11(9(2)3)12(13)14-5/h6-7,9-11H,8H2,1-5H3/b7-6+. The molecule has 0 rings (SSSR count). The SMILES string of the molecule is C/C=C/C(C)COC(C(=O)OC)C(C)C. The molecule has 0 amide bonds. The summed E-state index contributed by atoms with van der Waals surface area (Å²) in [4.78, 5) is 11.4. The zero-order valence-electron chi connectivity index (χ0n) is 10.3. The van der Waals surface area contributed by atoms with E-state index >= 15 is 0 Å². The van der Waals surface area contributed by atoms with Gasteiger partial charge in [-0.25, -0.2) is 4.79 Å². The Hall–Kier alpha value is -0.830. The van der Waals surface area contributed by atoms with Gasteiger partial charge in [-0.2, -0.15) is 0 Å². The number of hydrogen-bond donors (Lipinski definition) is 0. The van der Waals surface area contributed by atoms with Gasteiger partial charge in [-0.3, -0.25) is 0 Å². The van der Waals surface area contributed by atoms with Crippen molar-refractivity contribution in [1.29, 1.82) is 0 Å². The molecule has 0 heterocycles. The first-order valence-electron chi connectivity index (χ1n) is 5.35. The number of hydrogen-bond acceptors (Lipinski definition) is 3. The van der Waals surface area contributed by atoms with Crippen molar-refractivity contribution in [3.8, 4) is 0 Å². The van der Waals surface area contributed by atoms with Gasteiger partial charge in [0.15, 0.2) is 6.10 Å². The minimum atomic E-state index is -0.456. The van der Waals surface area contributed by atoms with Crippen LogP contribution in [0.4, 0.5) is 0 Å². The summed E-state index contributed by atoms with van der Waals surface area (Å²) in [5.41, 5.74) is 0. The summed E-state index contributed by atoms with van der Waals surface area (Å²) in [6.07, 6.45) is 3.58. The molecule has 15 heavy (non-hydrogen) atoms. The lowest BCUT2D eigenvalue weighted by molar-refractivity contribution is -0.157. The molecule has 0 spiro atoms. The molecular weight excluding hydrogens is 192 g/mol. The van der Waals surface area contributed by atoms with Gasteiger partial charge in [-0.1, -0.05) is 32.9 Å². The van der Waals surface area contributed by atoms with Gasteiger partial charge in [0.05, 0.1) is 13.7 Å². The Morgan fingerprint density at radius 3 is 2.33 bits per heavy atom. The zero-order valence-corrected chi connectivity index (χ0v) is 10.3. The van der Waals surface area contributed by atoms with Gasteiger partial charge < -0.3 is 9.47 Å². The average molecular weight is 214 g/mol. The van der Waals surface area contributed by atoms with Crippen LogP contribution < -0.4 is 0 Å². The highest BCUT2D eigenvalue weighted by Gasteiger charge is 2.23. The number of carbonyl (C=O) groups excluding carboxylic acids is 1. The van der Waals surface area contributed by atoms with E-state index in [1.54, 1.807) is 0 Å². The second kappa shape index (κ2) is 7.46. The molecule has 0 bridgehead atoms. The summed E-state index contributed by atoms with van der Waals surface area (Å²) in [5, 5.41) is 0. The van der Waals surface area contributed by atoms with E-state index in [4.69, 9.17) is 4.74 Å². The molecule has 88 valence electrons. The van der Waals surface area contributed by atoms with Crippen molar-refractivity contribution in [1.82, 2.24) is 0 Å². The van der Waals surface area contributed by atoms with E-state index in [0.717, 1.165) is 0 Å². The molecule has 0 aliphatic rings. The van der Waals surface area contributed by atoms with Crippen LogP contribution in [-0.4, -0.2) is 25.8 Å². The third kappa shape index (κ3) is 5.57. The molecule has 0 aromatic heterocycles. The van der Waals surface area contributed by atoms with Crippen LogP contribution in [0.1, 0.15) is 27.7 Å². The van der Waals surface area contributed by atoms with Gasteiger partial charge >= 0.3 is 5.97 Å². The van der Waals surface area contributed by atoms with E-state index in [1.807, 2.05) is 26.8 Å². The van der Waals surface area contributed by atoms with Crippen molar-refractivity contribution in [2.24, 2.45) is 11.8 Å². The Morgan fingerprint density at radius 2 is 1.93 bits per heavy atom. The molecule has 2 unspecified atom stereocenters. The molecule has 0 saturated heterocycles. The quantitative estimate of drug-likeness (QED) is 0.503. The zero-order chi connectivity index (χ0) is 11.8. The van der Waals surface area contributed by atoms with Crippen molar-refractivity contribution >= 4 is 5.97 Å². The highest BCUT2D eigenvalue weighted by Crippen LogP contribution is 2.10. The van der Waals surface area contributed by atoms with E-state index < -0.39 is 6.10 Å². The molecule has 0 fully saturated rings. The maximum Gasteiger partial charge on any atom is 0.335 e. The summed E-state index contributed by atoms with van der Waals surface area (Å²) in [6.45, 7) is 8.46. The van der Waals surface area contributed by atoms with E-state index in [0.29, 0.717) is 12.5 Å². The molecule has 3 nitrogen and oxygen atoms in total. The number of allylic oxidation sites excluding steroid dienone is 1. The summed E-state index contributed by atoms with van der Waals surface area (Å²) in [7, 11) is 1.39. The fourth-order valence-electron chi connectivity index (χ4n) is 1.29. The third-order valence-corrected chi connectivity index (χ3v) is 2.10. The van der Waals surface area contributed by atoms with Crippen LogP contribution in [0.5, 0.6) is 0 Å². The van der Waals surface area contributed by atoms with Crippen molar-refractivity contribution in [3.63, 3.8) is 0 Å². The Morgan fingerprint density at radius 1 is 1.33 bits per heavy atom. The summed E-state index contributed by atoms with van der Waals surface area (Å²) >= 11 is 0. The molecule has 0 aliphatic carbocycles. The number of carbonyl (C=O) groups is 1. The highest BCUT2D eigenvalue weighted by molar-refractivity contribution is 5.74. The van der Waals surface area contributed by atoms with E-state index in [9.17, 15) is 4.79 Å². The average Bonchev–Trinajstić information content (AvgIpc) is 2.17. The number of methoxy groups -OCH3 is 1. The summed E-state index contributed by atoms with van der Waals surface area (Å²) in [6, 6.07) is 0. The van der Waals surface area contributed by atoms with Gasteiger partial charge in [0, 0.05) is 0 Å². The van der Waals surface area contributed by atoms with Gasteiger partial charge in [0.1, 0.15) is 0 Å². The molecule has 0 N–H and O–H groups in total. The van der Waals surface area contributed by atoms with Crippen LogP contribution in [0.3, 0.4) is 0 Å². The van der Waals surface area contributed by atoms with Crippen LogP contribution >= 0.6 is 0 Å². The van der Waals surface area contributed by atoms with Crippen LogP contribution in [-0.2, 0) is 14.3 Å². The fourth-order valence-corrected chi connectivity index (χ4v) is 1.29. The van der Waals surface area contributed by atoms with Gasteiger partial charge in [-0.05, 0) is 18.8 Å². The van der Waals surface area contributed by atoms with Crippen molar-refractivity contribution < 1.29 is 14.3 Å². The fraction of sp³-hybridized carbons (Fsp3) is 0.750. The number of rotatable bonds is 6. The first-order valence-corrected chi connectivity index (χ1v) is 5.35. The van der Waals surface area contributed by atoms with Gasteiger partial charge in [0.25, 0.3) is 0 Å². The Kier molecular flexibility index (Phi) is 7.05. The third-order valence-electron chi connectivity index (χ3n) is 2.10. The maximum atomic E-state index is 11.4.